The summed E-state index contributed by atoms with van der Waals surface area (Å²) in [5.74, 6) is -1.94. The van der Waals surface area contributed by atoms with E-state index in [1.165, 1.54) is 6.08 Å². The van der Waals surface area contributed by atoms with Crippen LogP contribution in [0.2, 0.25) is 0 Å². The maximum atomic E-state index is 9.40. The number of hydrogen-bond acceptors (Lipinski definition) is 2. The zero-order chi connectivity index (χ0) is 10.9. The van der Waals surface area contributed by atoms with Crippen molar-refractivity contribution in [3.63, 3.8) is 0 Å². The maximum Gasteiger partial charge on any atom is 0.203 e. The molecule has 2 nitrogen and oxygen atoms in total. The van der Waals surface area contributed by atoms with Crippen LogP contribution in [0, 0.1) is 0 Å². The number of aliphatic hydroxyl groups is 2. The zero-order valence-electron chi connectivity index (χ0n) is 7.97. The van der Waals surface area contributed by atoms with E-state index in [9.17, 15) is 10.2 Å². The first-order valence-corrected chi connectivity index (χ1v) is 5.08. The van der Waals surface area contributed by atoms with E-state index in [-0.39, 0.29) is 0 Å². The molecule has 0 spiro atoms. The Morgan fingerprint density at radius 2 is 1.80 bits per heavy atom. The van der Waals surface area contributed by atoms with Gasteiger partial charge in [0.15, 0.2) is 0 Å². The van der Waals surface area contributed by atoms with Crippen molar-refractivity contribution in [2.24, 2.45) is 0 Å². The van der Waals surface area contributed by atoms with Crippen LogP contribution in [0.3, 0.4) is 0 Å². The van der Waals surface area contributed by atoms with Gasteiger partial charge in [-0.1, -0.05) is 42.5 Å². The third-order valence-electron chi connectivity index (χ3n) is 2.35. The van der Waals surface area contributed by atoms with Crippen molar-refractivity contribution in [3.05, 3.63) is 54.1 Å². The van der Waals surface area contributed by atoms with E-state index in [1.54, 1.807) is 12.2 Å². The lowest BCUT2D eigenvalue weighted by Gasteiger charge is -2.25. The predicted octanol–water partition coefficient (Wildman–Crippen LogP) is 1.93. The molecule has 0 heterocycles. The number of halogens is 1. The lowest BCUT2D eigenvalue weighted by Crippen LogP contribution is -2.36. The summed E-state index contributed by atoms with van der Waals surface area (Å²) >= 11 is 5.83. The Hall–Kier alpha value is -1.09. The van der Waals surface area contributed by atoms with Crippen LogP contribution in [0.15, 0.2) is 48.6 Å². The summed E-state index contributed by atoms with van der Waals surface area (Å²) in [4.78, 5) is 0. The molecule has 0 saturated carbocycles. The van der Waals surface area contributed by atoms with Crippen LogP contribution in [-0.2, 0) is 0 Å². The fourth-order valence-corrected chi connectivity index (χ4v) is 1.67. The molecule has 1 aromatic carbocycles. The van der Waals surface area contributed by atoms with Crippen LogP contribution in [-0.4, -0.2) is 21.4 Å². The number of benzene rings is 1. The van der Waals surface area contributed by atoms with Crippen LogP contribution in [0.25, 0.3) is 5.57 Å². The van der Waals surface area contributed by atoms with Crippen molar-refractivity contribution in [1.29, 1.82) is 0 Å². The molecule has 0 aromatic heterocycles. The van der Waals surface area contributed by atoms with Gasteiger partial charge in [-0.15, -0.1) is 11.6 Å². The molecule has 1 unspecified atom stereocenters. The Kier molecular flexibility index (Phi) is 2.65. The van der Waals surface area contributed by atoms with E-state index < -0.39 is 11.2 Å². The minimum Gasteiger partial charge on any atom is -0.361 e. The highest BCUT2D eigenvalue weighted by atomic mass is 35.5. The maximum absolute atomic E-state index is 9.40. The fraction of sp³-hybridized carbons (Fsp3) is 0.167. The Labute approximate surface area is 93.1 Å². The molecule has 1 aliphatic carbocycles. The molecule has 0 saturated heterocycles. The minimum absolute atomic E-state index is 0.822. The smallest absolute Gasteiger partial charge is 0.203 e. The summed E-state index contributed by atoms with van der Waals surface area (Å²) in [7, 11) is 0. The number of alkyl halides is 1. The Balaban J connectivity index is 2.32. The second kappa shape index (κ2) is 3.81. The Morgan fingerprint density at radius 3 is 2.40 bits per heavy atom. The highest BCUT2D eigenvalue weighted by Gasteiger charge is 2.31. The molecule has 78 valence electrons. The molecule has 1 atom stereocenters. The van der Waals surface area contributed by atoms with E-state index in [2.05, 4.69) is 0 Å². The number of rotatable bonds is 1. The van der Waals surface area contributed by atoms with E-state index in [4.69, 9.17) is 11.6 Å². The summed E-state index contributed by atoms with van der Waals surface area (Å²) in [6.07, 6.45) is 4.60. The van der Waals surface area contributed by atoms with Crippen LogP contribution >= 0.6 is 11.6 Å². The van der Waals surface area contributed by atoms with Crippen molar-refractivity contribution in [2.75, 3.05) is 0 Å². The molecule has 0 bridgehead atoms. The van der Waals surface area contributed by atoms with Crippen molar-refractivity contribution in [2.45, 2.75) is 11.2 Å². The first-order valence-electron chi connectivity index (χ1n) is 4.65. The second-order valence-corrected chi connectivity index (χ2v) is 3.98. The average Bonchev–Trinajstić information content (AvgIpc) is 2.23. The normalized spacial score (nSPS) is 23.7. The molecule has 0 amide bonds. The molecule has 0 radical (unpaired) electrons. The largest absolute Gasteiger partial charge is 0.361 e. The molecular weight excluding hydrogens is 212 g/mol. The van der Waals surface area contributed by atoms with Gasteiger partial charge in [0.2, 0.25) is 5.79 Å². The molecule has 2 N–H and O–H groups in total. The lowest BCUT2D eigenvalue weighted by atomic mass is 9.96. The third-order valence-corrected chi connectivity index (χ3v) is 2.79. The highest BCUT2D eigenvalue weighted by molar-refractivity contribution is 6.23. The van der Waals surface area contributed by atoms with E-state index in [0.717, 1.165) is 11.1 Å². The summed E-state index contributed by atoms with van der Waals surface area (Å²) < 4.78 is 0. The van der Waals surface area contributed by atoms with Crippen LogP contribution in [0.5, 0.6) is 0 Å². The van der Waals surface area contributed by atoms with E-state index in [0.29, 0.717) is 0 Å². The van der Waals surface area contributed by atoms with Gasteiger partial charge in [0.1, 0.15) is 5.38 Å². The summed E-state index contributed by atoms with van der Waals surface area (Å²) in [6.45, 7) is 0. The first-order chi connectivity index (χ1) is 7.09. The first kappa shape index (κ1) is 10.4. The third kappa shape index (κ3) is 2.12. The monoisotopic (exact) mass is 222 g/mol. The van der Waals surface area contributed by atoms with Crippen molar-refractivity contribution in [1.82, 2.24) is 0 Å². The van der Waals surface area contributed by atoms with E-state index >= 15 is 0 Å². The van der Waals surface area contributed by atoms with Gasteiger partial charge < -0.3 is 10.2 Å². The summed E-state index contributed by atoms with van der Waals surface area (Å²) in [5.41, 5.74) is 1.91. The molecule has 3 heteroatoms. The summed E-state index contributed by atoms with van der Waals surface area (Å²) in [5, 5.41) is 18.0. The summed E-state index contributed by atoms with van der Waals surface area (Å²) in [6, 6.07) is 9.67. The molecule has 15 heavy (non-hydrogen) atoms. The Bertz CT molecular complexity index is 407. The Morgan fingerprint density at radius 1 is 1.13 bits per heavy atom. The van der Waals surface area contributed by atoms with Gasteiger partial charge in [0, 0.05) is 0 Å². The van der Waals surface area contributed by atoms with Crippen LogP contribution in [0.4, 0.5) is 0 Å². The number of hydrogen-bond donors (Lipinski definition) is 2. The van der Waals surface area contributed by atoms with Crippen molar-refractivity contribution in [3.8, 4) is 0 Å². The molecule has 2 rings (SSSR count). The molecule has 0 aliphatic heterocycles. The van der Waals surface area contributed by atoms with Gasteiger partial charge in [-0.3, -0.25) is 0 Å². The van der Waals surface area contributed by atoms with Gasteiger partial charge >= 0.3 is 0 Å². The average molecular weight is 223 g/mol. The van der Waals surface area contributed by atoms with Crippen LogP contribution < -0.4 is 0 Å². The minimum atomic E-state index is -1.94. The SMILES string of the molecule is OC1(O)C=CC(c2ccccc2)=CC1Cl. The van der Waals surface area contributed by atoms with Gasteiger partial charge in [-0.25, -0.2) is 0 Å². The van der Waals surface area contributed by atoms with Crippen molar-refractivity contribution >= 4 is 17.2 Å². The topological polar surface area (TPSA) is 40.5 Å². The number of allylic oxidation sites excluding steroid dienone is 2. The lowest BCUT2D eigenvalue weighted by molar-refractivity contribution is -0.111. The fourth-order valence-electron chi connectivity index (χ4n) is 1.46. The standard InChI is InChI=1S/C12H11ClO2/c13-11-8-10(6-7-12(11,14)15)9-4-2-1-3-5-9/h1-8,11,14-15H. The quantitative estimate of drug-likeness (QED) is 0.563. The van der Waals surface area contributed by atoms with E-state index in [1.807, 2.05) is 30.3 Å². The predicted molar refractivity (Wildman–Crippen MR) is 60.4 cm³/mol. The molecule has 1 aromatic rings. The van der Waals surface area contributed by atoms with Crippen molar-refractivity contribution < 1.29 is 10.2 Å². The van der Waals surface area contributed by atoms with Crippen LogP contribution in [0.1, 0.15) is 5.56 Å². The molecule has 0 fully saturated rings. The van der Waals surface area contributed by atoms with Gasteiger partial charge in [-0.2, -0.15) is 0 Å². The molecule has 1 aliphatic rings. The highest BCUT2D eigenvalue weighted by Crippen LogP contribution is 2.28. The van der Waals surface area contributed by atoms with Gasteiger partial charge in [0.05, 0.1) is 0 Å². The van der Waals surface area contributed by atoms with Gasteiger partial charge in [-0.05, 0) is 17.2 Å². The zero-order valence-corrected chi connectivity index (χ0v) is 8.72. The molecular formula is C12H11ClO2. The van der Waals surface area contributed by atoms with Gasteiger partial charge in [0.25, 0.3) is 0 Å². The second-order valence-electron chi connectivity index (χ2n) is 3.51.